The van der Waals surface area contributed by atoms with Crippen molar-refractivity contribution in [3.05, 3.63) is 83.2 Å². The van der Waals surface area contributed by atoms with E-state index in [-0.39, 0.29) is 5.91 Å². The van der Waals surface area contributed by atoms with Crippen molar-refractivity contribution in [3.8, 4) is 0 Å². The molecule has 0 radical (unpaired) electrons. The number of carbonyl (C=O) groups is 1. The largest absolute Gasteiger partial charge is 0.378 e. The summed E-state index contributed by atoms with van der Waals surface area (Å²) in [5.41, 5.74) is 5.61. The first-order valence-electron chi connectivity index (χ1n) is 10.0. The standard InChI is InChI=1S/C23H25ClN6OS/c1-4-13-30-21(15-25-20-11-5-16(2)6-12-20)27-29-23(30)32-17(3)22(31)28-26-14-18-7-9-19(24)10-8-18/h4-12,14,17,25H,1,13,15H2,2-3H3,(H,28,31)/b26-14-/t17-/m0/s1. The van der Waals surface area contributed by atoms with Crippen LogP contribution in [-0.2, 0) is 17.9 Å². The Bertz CT molecular complexity index is 1080. The Labute approximate surface area is 197 Å². The van der Waals surface area contributed by atoms with Gasteiger partial charge in [0.15, 0.2) is 11.0 Å². The Hall–Kier alpha value is -3.10. The van der Waals surface area contributed by atoms with Gasteiger partial charge in [-0.15, -0.1) is 16.8 Å². The molecule has 0 fully saturated rings. The van der Waals surface area contributed by atoms with Crippen molar-refractivity contribution < 1.29 is 4.79 Å². The Kier molecular flexibility index (Phi) is 8.47. The number of hydrogen-bond donors (Lipinski definition) is 2. The number of nitrogens with one attached hydrogen (secondary N) is 2. The van der Waals surface area contributed by atoms with E-state index in [0.29, 0.717) is 23.3 Å². The zero-order valence-corrected chi connectivity index (χ0v) is 19.5. The molecular formula is C23H25ClN6OS. The van der Waals surface area contributed by atoms with Crippen LogP contribution in [0.2, 0.25) is 5.02 Å². The molecular weight excluding hydrogens is 444 g/mol. The smallest absolute Gasteiger partial charge is 0.253 e. The summed E-state index contributed by atoms with van der Waals surface area (Å²) in [5.74, 6) is 0.536. The fourth-order valence-electron chi connectivity index (χ4n) is 2.72. The maximum Gasteiger partial charge on any atom is 0.253 e. The number of hydrazone groups is 1. The molecule has 1 heterocycles. The predicted octanol–water partition coefficient (Wildman–Crippen LogP) is 4.67. The fraction of sp³-hybridized carbons (Fsp3) is 0.217. The molecule has 0 saturated heterocycles. The summed E-state index contributed by atoms with van der Waals surface area (Å²) >= 11 is 7.19. The van der Waals surface area contributed by atoms with Crippen LogP contribution >= 0.6 is 23.4 Å². The van der Waals surface area contributed by atoms with Crippen molar-refractivity contribution in [2.75, 3.05) is 5.32 Å². The molecule has 7 nitrogen and oxygen atoms in total. The molecule has 166 valence electrons. The summed E-state index contributed by atoms with van der Waals surface area (Å²) in [4.78, 5) is 12.4. The van der Waals surface area contributed by atoms with Gasteiger partial charge < -0.3 is 9.88 Å². The summed E-state index contributed by atoms with van der Waals surface area (Å²) in [5, 5.41) is 16.8. The summed E-state index contributed by atoms with van der Waals surface area (Å²) < 4.78 is 1.94. The molecule has 0 aliphatic rings. The molecule has 9 heteroatoms. The van der Waals surface area contributed by atoms with Gasteiger partial charge >= 0.3 is 0 Å². The lowest BCUT2D eigenvalue weighted by molar-refractivity contribution is -0.120. The van der Waals surface area contributed by atoms with E-state index in [4.69, 9.17) is 11.6 Å². The maximum absolute atomic E-state index is 12.4. The molecule has 0 aliphatic carbocycles. The normalized spacial score (nSPS) is 12.0. The fourth-order valence-corrected chi connectivity index (χ4v) is 3.72. The molecule has 0 spiro atoms. The Balaban J connectivity index is 1.59. The van der Waals surface area contributed by atoms with Gasteiger partial charge in [0.1, 0.15) is 0 Å². The minimum Gasteiger partial charge on any atom is -0.378 e. The molecule has 32 heavy (non-hydrogen) atoms. The quantitative estimate of drug-likeness (QED) is 0.195. The molecule has 0 bridgehead atoms. The van der Waals surface area contributed by atoms with Crippen LogP contribution in [0, 0.1) is 6.92 Å². The number of rotatable bonds is 10. The summed E-state index contributed by atoms with van der Waals surface area (Å²) in [6.07, 6.45) is 3.35. The van der Waals surface area contributed by atoms with Crippen LogP contribution in [0.15, 0.2) is 71.4 Å². The van der Waals surface area contributed by atoms with Gasteiger partial charge in [-0.3, -0.25) is 4.79 Å². The van der Waals surface area contributed by atoms with E-state index >= 15 is 0 Å². The molecule has 1 aromatic heterocycles. The van der Waals surface area contributed by atoms with Gasteiger partial charge in [-0.1, -0.05) is 59.3 Å². The van der Waals surface area contributed by atoms with Crippen LogP contribution in [0.4, 0.5) is 5.69 Å². The topological polar surface area (TPSA) is 84.2 Å². The molecule has 0 unspecified atom stereocenters. The molecule has 2 aromatic carbocycles. The van der Waals surface area contributed by atoms with E-state index in [1.807, 2.05) is 47.9 Å². The number of carbonyl (C=O) groups excluding carboxylic acids is 1. The summed E-state index contributed by atoms with van der Waals surface area (Å²) in [7, 11) is 0. The highest BCUT2D eigenvalue weighted by Crippen LogP contribution is 2.23. The van der Waals surface area contributed by atoms with E-state index in [1.54, 1.807) is 31.3 Å². The van der Waals surface area contributed by atoms with Crippen molar-refractivity contribution in [2.45, 2.75) is 37.3 Å². The highest BCUT2D eigenvalue weighted by Gasteiger charge is 2.19. The molecule has 2 N–H and O–H groups in total. The molecule has 3 aromatic rings. The second kappa shape index (κ2) is 11.5. The first-order chi connectivity index (χ1) is 15.5. The Morgan fingerprint density at radius 1 is 1.22 bits per heavy atom. The van der Waals surface area contributed by atoms with Crippen molar-refractivity contribution in [2.24, 2.45) is 5.10 Å². The van der Waals surface area contributed by atoms with Gasteiger partial charge in [0, 0.05) is 17.3 Å². The number of benzene rings is 2. The first kappa shape index (κ1) is 23.6. The van der Waals surface area contributed by atoms with Crippen LogP contribution < -0.4 is 10.7 Å². The molecule has 3 rings (SSSR count). The van der Waals surface area contributed by atoms with E-state index in [2.05, 4.69) is 32.6 Å². The van der Waals surface area contributed by atoms with Crippen molar-refractivity contribution >= 4 is 41.2 Å². The van der Waals surface area contributed by atoms with Crippen molar-refractivity contribution in [1.82, 2.24) is 20.2 Å². The van der Waals surface area contributed by atoms with Crippen LogP contribution in [0.1, 0.15) is 23.9 Å². The third kappa shape index (κ3) is 6.70. The van der Waals surface area contributed by atoms with E-state index < -0.39 is 5.25 Å². The van der Waals surface area contributed by atoms with Gasteiger partial charge in [0.2, 0.25) is 0 Å². The second-order valence-corrected chi connectivity index (χ2v) is 8.81. The SMILES string of the molecule is C=CCn1c(CNc2ccc(C)cc2)nnc1S[C@@H](C)C(=O)N/N=C\c1ccc(Cl)cc1. The second-order valence-electron chi connectivity index (χ2n) is 7.06. The lowest BCUT2D eigenvalue weighted by Gasteiger charge is -2.12. The molecule has 0 saturated carbocycles. The summed E-state index contributed by atoms with van der Waals surface area (Å²) in [6, 6.07) is 15.3. The number of aromatic nitrogens is 3. The Morgan fingerprint density at radius 2 is 1.94 bits per heavy atom. The number of amides is 1. The number of halogens is 1. The average molecular weight is 469 g/mol. The lowest BCUT2D eigenvalue weighted by Crippen LogP contribution is -2.27. The number of thioether (sulfide) groups is 1. The monoisotopic (exact) mass is 468 g/mol. The number of aryl methyl sites for hydroxylation is 1. The Morgan fingerprint density at radius 3 is 2.62 bits per heavy atom. The van der Waals surface area contributed by atoms with E-state index in [9.17, 15) is 4.79 Å². The third-order valence-electron chi connectivity index (χ3n) is 4.52. The molecule has 1 amide bonds. The van der Waals surface area contributed by atoms with Crippen LogP contribution in [0.3, 0.4) is 0 Å². The van der Waals surface area contributed by atoms with Gasteiger partial charge in [0.05, 0.1) is 18.0 Å². The zero-order chi connectivity index (χ0) is 22.9. The molecule has 1 atom stereocenters. The van der Waals surface area contributed by atoms with Crippen molar-refractivity contribution in [1.29, 1.82) is 0 Å². The first-order valence-corrected chi connectivity index (χ1v) is 11.3. The van der Waals surface area contributed by atoms with E-state index in [1.165, 1.54) is 17.3 Å². The van der Waals surface area contributed by atoms with Crippen molar-refractivity contribution in [3.63, 3.8) is 0 Å². The lowest BCUT2D eigenvalue weighted by atomic mass is 10.2. The third-order valence-corrected chi connectivity index (χ3v) is 5.85. The number of nitrogens with zero attached hydrogens (tertiary/aromatic N) is 4. The van der Waals surface area contributed by atoms with Gasteiger partial charge in [-0.2, -0.15) is 5.10 Å². The highest BCUT2D eigenvalue weighted by atomic mass is 35.5. The van der Waals surface area contributed by atoms with E-state index in [0.717, 1.165) is 17.1 Å². The van der Waals surface area contributed by atoms with Gasteiger partial charge in [-0.25, -0.2) is 5.43 Å². The van der Waals surface area contributed by atoms with Crippen LogP contribution in [0.5, 0.6) is 0 Å². The predicted molar refractivity (Wildman–Crippen MR) is 131 cm³/mol. The van der Waals surface area contributed by atoms with Crippen LogP contribution in [0.25, 0.3) is 0 Å². The maximum atomic E-state index is 12.4. The number of anilines is 1. The van der Waals surface area contributed by atoms with Gasteiger partial charge in [-0.05, 0) is 43.7 Å². The summed E-state index contributed by atoms with van der Waals surface area (Å²) in [6.45, 7) is 8.73. The molecule has 0 aliphatic heterocycles. The van der Waals surface area contributed by atoms with Crippen LogP contribution in [-0.4, -0.2) is 32.1 Å². The zero-order valence-electron chi connectivity index (χ0n) is 18.0. The average Bonchev–Trinajstić information content (AvgIpc) is 3.16. The minimum atomic E-state index is -0.414. The minimum absolute atomic E-state index is 0.229. The number of hydrogen-bond acceptors (Lipinski definition) is 6. The number of allylic oxidation sites excluding steroid dienone is 1. The van der Waals surface area contributed by atoms with Gasteiger partial charge in [0.25, 0.3) is 5.91 Å². The highest BCUT2D eigenvalue weighted by molar-refractivity contribution is 8.00.